The molecular weight excluding hydrogens is 537 g/mol. The number of nitrogens with one attached hydrogen (secondary N) is 3. The standard InChI is InChI=1S/C24H31N9O.3ClH/c1-17(2)32-16-28-20-21(26-14-18-6-3-4-7-19(18)33-13-5-10-29-33)30-23(31-22(20)32)27-15-24(34)8-11-25-12-9-24;;;/h3-7,10,13,16-17,25,34H,8-9,11-12,14-15H2,1-2H3,(H2,26,27,30,31);3*1H. The topological polar surface area (TPSA) is 118 Å². The maximum absolute atomic E-state index is 10.9. The minimum absolute atomic E-state index is 0. The van der Waals surface area contributed by atoms with Crippen molar-refractivity contribution in [3.05, 3.63) is 54.6 Å². The fraction of sp³-hybridized carbons (Fsp3) is 0.417. The van der Waals surface area contributed by atoms with Crippen molar-refractivity contribution in [2.75, 3.05) is 30.3 Å². The van der Waals surface area contributed by atoms with Crippen molar-refractivity contribution < 1.29 is 5.11 Å². The van der Waals surface area contributed by atoms with Crippen molar-refractivity contribution in [2.24, 2.45) is 0 Å². The molecule has 0 spiro atoms. The zero-order valence-electron chi connectivity index (χ0n) is 20.8. The van der Waals surface area contributed by atoms with Crippen molar-refractivity contribution >= 4 is 60.2 Å². The molecule has 10 nitrogen and oxygen atoms in total. The normalized spacial score (nSPS) is 14.4. The molecule has 0 radical (unpaired) electrons. The van der Waals surface area contributed by atoms with E-state index in [1.807, 2.05) is 39.7 Å². The Labute approximate surface area is 234 Å². The van der Waals surface area contributed by atoms with E-state index in [0.717, 1.165) is 35.5 Å². The maximum atomic E-state index is 10.9. The van der Waals surface area contributed by atoms with Gasteiger partial charge in [0.2, 0.25) is 5.95 Å². The molecule has 0 atom stereocenters. The fourth-order valence-electron chi connectivity index (χ4n) is 4.28. The van der Waals surface area contributed by atoms with Crippen LogP contribution in [0.5, 0.6) is 0 Å². The molecule has 0 saturated carbocycles. The number of aromatic nitrogens is 6. The SMILES string of the molecule is CC(C)n1cnc2c(NCc3ccccc3-n3cccn3)nc(NCC3(O)CCNCC3)nc21.Cl.Cl.Cl. The summed E-state index contributed by atoms with van der Waals surface area (Å²) in [7, 11) is 0. The average Bonchev–Trinajstić information content (AvgIpc) is 3.52. The highest BCUT2D eigenvalue weighted by atomic mass is 35.5. The second-order valence-electron chi connectivity index (χ2n) is 9.07. The van der Waals surface area contributed by atoms with Crippen LogP contribution in [0.15, 0.2) is 49.1 Å². The maximum Gasteiger partial charge on any atom is 0.226 e. The van der Waals surface area contributed by atoms with E-state index < -0.39 is 5.60 Å². The van der Waals surface area contributed by atoms with Gasteiger partial charge in [-0.1, -0.05) is 18.2 Å². The van der Waals surface area contributed by atoms with Crippen LogP contribution in [0.4, 0.5) is 11.8 Å². The van der Waals surface area contributed by atoms with Crippen LogP contribution in [0.3, 0.4) is 0 Å². The number of imidazole rings is 1. The number of nitrogens with zero attached hydrogens (tertiary/aromatic N) is 6. The Morgan fingerprint density at radius 3 is 2.51 bits per heavy atom. The van der Waals surface area contributed by atoms with Crippen LogP contribution in [0.2, 0.25) is 0 Å². The van der Waals surface area contributed by atoms with Crippen LogP contribution in [0.25, 0.3) is 16.9 Å². The molecule has 0 bridgehead atoms. The quantitative estimate of drug-likeness (QED) is 0.251. The molecule has 3 aromatic heterocycles. The number of fused-ring (bicyclic) bond motifs is 1. The van der Waals surface area contributed by atoms with E-state index in [1.54, 1.807) is 12.5 Å². The molecule has 1 aliphatic rings. The van der Waals surface area contributed by atoms with E-state index in [1.165, 1.54) is 0 Å². The van der Waals surface area contributed by atoms with Gasteiger partial charge in [0.05, 0.1) is 17.6 Å². The molecule has 4 N–H and O–H groups in total. The summed E-state index contributed by atoms with van der Waals surface area (Å²) in [4.78, 5) is 14.1. The first kappa shape index (κ1) is 30.6. The largest absolute Gasteiger partial charge is 0.388 e. The third-order valence-electron chi connectivity index (χ3n) is 6.28. The lowest BCUT2D eigenvalue weighted by atomic mass is 9.92. The molecule has 1 fully saturated rings. The molecule has 5 rings (SSSR count). The number of aliphatic hydroxyl groups is 1. The van der Waals surface area contributed by atoms with Gasteiger partial charge in [0.15, 0.2) is 17.0 Å². The second-order valence-corrected chi connectivity index (χ2v) is 9.07. The van der Waals surface area contributed by atoms with Crippen LogP contribution < -0.4 is 16.0 Å². The van der Waals surface area contributed by atoms with E-state index in [2.05, 4.69) is 45.9 Å². The summed E-state index contributed by atoms with van der Waals surface area (Å²) in [6, 6.07) is 10.2. The summed E-state index contributed by atoms with van der Waals surface area (Å²) in [6.45, 7) is 6.76. The predicted molar refractivity (Wildman–Crippen MR) is 154 cm³/mol. The van der Waals surface area contributed by atoms with Crippen molar-refractivity contribution in [3.8, 4) is 5.69 Å². The van der Waals surface area contributed by atoms with Gasteiger partial charge in [-0.25, -0.2) is 9.67 Å². The zero-order chi connectivity index (χ0) is 23.5. The Kier molecular flexibility index (Phi) is 11.0. The van der Waals surface area contributed by atoms with Gasteiger partial charge in [-0.05, 0) is 57.5 Å². The van der Waals surface area contributed by atoms with Crippen LogP contribution >= 0.6 is 37.2 Å². The molecule has 13 heteroatoms. The van der Waals surface area contributed by atoms with Crippen LogP contribution in [-0.2, 0) is 6.54 Å². The average molecular weight is 571 g/mol. The summed E-state index contributed by atoms with van der Waals surface area (Å²) in [6.07, 6.45) is 6.89. The highest BCUT2D eigenvalue weighted by Crippen LogP contribution is 2.25. The van der Waals surface area contributed by atoms with E-state index in [-0.39, 0.29) is 43.3 Å². The van der Waals surface area contributed by atoms with Crippen LogP contribution in [0, 0.1) is 0 Å². The lowest BCUT2D eigenvalue weighted by molar-refractivity contribution is 0.0230. The number of rotatable bonds is 8. The molecule has 1 aliphatic heterocycles. The molecule has 0 unspecified atom stereocenters. The first-order valence-electron chi connectivity index (χ1n) is 11.8. The summed E-state index contributed by atoms with van der Waals surface area (Å²) in [5.41, 5.74) is 2.80. The van der Waals surface area contributed by atoms with E-state index in [9.17, 15) is 5.11 Å². The Morgan fingerprint density at radius 2 is 1.81 bits per heavy atom. The summed E-state index contributed by atoms with van der Waals surface area (Å²) in [5, 5.41) is 25.3. The molecule has 4 aromatic rings. The third-order valence-corrected chi connectivity index (χ3v) is 6.28. The first-order valence-corrected chi connectivity index (χ1v) is 11.8. The van der Waals surface area contributed by atoms with Crippen LogP contribution in [0.1, 0.15) is 38.3 Å². The van der Waals surface area contributed by atoms with Gasteiger partial charge in [-0.2, -0.15) is 15.1 Å². The monoisotopic (exact) mass is 569 g/mol. The lowest BCUT2D eigenvalue weighted by Gasteiger charge is -2.32. The van der Waals surface area contributed by atoms with Gasteiger partial charge < -0.3 is 25.6 Å². The van der Waals surface area contributed by atoms with Crippen molar-refractivity contribution in [3.63, 3.8) is 0 Å². The summed E-state index contributed by atoms with van der Waals surface area (Å²) in [5.74, 6) is 1.13. The number of hydrogen-bond donors (Lipinski definition) is 4. The Balaban J connectivity index is 0.00000160. The van der Waals surface area contributed by atoms with Gasteiger partial charge in [0.1, 0.15) is 0 Å². The molecule has 37 heavy (non-hydrogen) atoms. The molecule has 1 aromatic carbocycles. The number of benzene rings is 1. The molecule has 202 valence electrons. The van der Waals surface area contributed by atoms with E-state index >= 15 is 0 Å². The smallest absolute Gasteiger partial charge is 0.226 e. The predicted octanol–water partition coefficient (Wildman–Crippen LogP) is 4.00. The lowest BCUT2D eigenvalue weighted by Crippen LogP contribution is -2.46. The molecule has 0 amide bonds. The van der Waals surface area contributed by atoms with Gasteiger partial charge in [-0.15, -0.1) is 37.2 Å². The molecule has 0 aliphatic carbocycles. The highest BCUT2D eigenvalue weighted by Gasteiger charge is 2.29. The van der Waals surface area contributed by atoms with Gasteiger partial charge in [-0.3, -0.25) is 0 Å². The number of halogens is 3. The van der Waals surface area contributed by atoms with Crippen molar-refractivity contribution in [1.29, 1.82) is 0 Å². The minimum atomic E-state index is -0.766. The minimum Gasteiger partial charge on any atom is -0.388 e. The Hall–Kier alpha value is -2.63. The van der Waals surface area contributed by atoms with Crippen molar-refractivity contribution in [1.82, 2.24) is 34.6 Å². The molecule has 4 heterocycles. The molecule has 1 saturated heterocycles. The van der Waals surface area contributed by atoms with Crippen molar-refractivity contribution in [2.45, 2.75) is 44.9 Å². The fourth-order valence-corrected chi connectivity index (χ4v) is 4.28. The summed E-state index contributed by atoms with van der Waals surface area (Å²) < 4.78 is 3.89. The summed E-state index contributed by atoms with van der Waals surface area (Å²) >= 11 is 0. The number of anilines is 2. The third kappa shape index (κ3) is 6.82. The zero-order valence-corrected chi connectivity index (χ0v) is 23.2. The van der Waals surface area contributed by atoms with Crippen LogP contribution in [-0.4, -0.2) is 59.6 Å². The number of hydrogen-bond acceptors (Lipinski definition) is 8. The second kappa shape index (κ2) is 13.3. The van der Waals surface area contributed by atoms with Gasteiger partial charge in [0, 0.05) is 31.5 Å². The van der Waals surface area contributed by atoms with E-state index in [0.29, 0.717) is 37.7 Å². The number of piperidine rings is 1. The highest BCUT2D eigenvalue weighted by molar-refractivity contribution is 5.86. The first-order chi connectivity index (χ1) is 16.5. The van der Waals surface area contributed by atoms with Gasteiger partial charge in [0.25, 0.3) is 0 Å². The van der Waals surface area contributed by atoms with E-state index in [4.69, 9.17) is 9.97 Å². The Bertz CT molecular complexity index is 1260. The van der Waals surface area contributed by atoms with Gasteiger partial charge >= 0.3 is 0 Å². The molecular formula is C24H34Cl3N9O. The number of para-hydroxylation sites is 1. The Morgan fingerprint density at radius 1 is 1.05 bits per heavy atom.